The van der Waals surface area contributed by atoms with E-state index in [-0.39, 0.29) is 11.9 Å². The Morgan fingerprint density at radius 3 is 2.36 bits per heavy atom. The molecule has 0 N–H and O–H groups in total. The van der Waals surface area contributed by atoms with Crippen LogP contribution in [0.25, 0.3) is 44.3 Å². The molecule has 4 aromatic heterocycles. The third-order valence-electron chi connectivity index (χ3n) is 10.4. The average molecular weight is 748 g/mol. The predicted molar refractivity (Wildman–Crippen MR) is 211 cm³/mol. The molecule has 1 unspecified atom stereocenters. The van der Waals surface area contributed by atoms with Gasteiger partial charge in [0, 0.05) is 69.7 Å². The molecule has 53 heavy (non-hydrogen) atoms. The van der Waals surface area contributed by atoms with Crippen molar-refractivity contribution in [3.63, 3.8) is 0 Å². The summed E-state index contributed by atoms with van der Waals surface area (Å²) in [4.78, 5) is 30.6. The van der Waals surface area contributed by atoms with Crippen molar-refractivity contribution >= 4 is 56.6 Å². The average Bonchev–Trinajstić information content (AvgIpc) is 3.81. The van der Waals surface area contributed by atoms with Crippen molar-refractivity contribution in [2.75, 3.05) is 11.5 Å². The number of aryl methyl sites for hydroxylation is 7. The van der Waals surface area contributed by atoms with Crippen LogP contribution in [0.15, 0.2) is 67.4 Å². The number of hydrogen-bond acceptors (Lipinski definition) is 6. The Balaban J connectivity index is 1.27. The van der Waals surface area contributed by atoms with Gasteiger partial charge in [-0.3, -0.25) is 14.4 Å². The number of rotatable bonds is 8. The maximum Gasteiger partial charge on any atom is 0.276 e. The first-order valence-corrected chi connectivity index (χ1v) is 18.5. The lowest BCUT2D eigenvalue weighted by atomic mass is 9.98. The van der Waals surface area contributed by atoms with Gasteiger partial charge in [-0.1, -0.05) is 41.4 Å². The van der Waals surface area contributed by atoms with Gasteiger partial charge in [-0.2, -0.15) is 5.10 Å². The van der Waals surface area contributed by atoms with Gasteiger partial charge in [0.05, 0.1) is 23.9 Å². The van der Waals surface area contributed by atoms with Crippen LogP contribution in [0.4, 0.5) is 5.69 Å². The van der Waals surface area contributed by atoms with E-state index in [0.717, 1.165) is 83.0 Å². The standard InChI is InChI=1S/C41H40Cl2N8O2/c1-22-16-28(17-23(2)36(22)42)53-15-9-12-30-29-10-8-11-31(35-24(3)44-20-45-25(35)4)37(29)50-26(5)39(43)51(41(52)38(30)50)34-19-48(6)33-14-13-27(18-32(33)34)40-46-21-49(7)47-40/h8,10-11,13-14,16-21,26,39H,9,12,15H2,1-7H3/t26?,39-/m0/s1. The van der Waals surface area contributed by atoms with E-state index in [1.807, 2.05) is 82.9 Å². The molecule has 270 valence electrons. The molecular weight excluding hydrogens is 707 g/mol. The number of fused-ring (bicyclic) bond motifs is 4. The van der Waals surface area contributed by atoms with Crippen LogP contribution in [-0.2, 0) is 20.5 Å². The van der Waals surface area contributed by atoms with Gasteiger partial charge in [-0.25, -0.2) is 15.0 Å². The van der Waals surface area contributed by atoms with Crippen molar-refractivity contribution in [1.29, 1.82) is 0 Å². The SMILES string of the molecule is Cc1cc(OCCCc2c3n(c4c(-c5c(C)ncnc5C)cccc24)C(C)[C@@H](Cl)N(c2cn(C)c4ccc(-c5ncn(C)n5)cc24)C3=O)cc(C)c1Cl. The lowest BCUT2D eigenvalue weighted by Gasteiger charge is -2.38. The van der Waals surface area contributed by atoms with Crippen LogP contribution in [0.5, 0.6) is 5.75 Å². The summed E-state index contributed by atoms with van der Waals surface area (Å²) in [5.41, 5.74) is 10.0. The fourth-order valence-corrected chi connectivity index (χ4v) is 8.33. The number of carbonyl (C=O) groups is 1. The zero-order valence-electron chi connectivity index (χ0n) is 30.8. The maximum absolute atomic E-state index is 15.2. The van der Waals surface area contributed by atoms with Crippen molar-refractivity contribution in [2.45, 2.75) is 59.0 Å². The minimum Gasteiger partial charge on any atom is -0.494 e. The summed E-state index contributed by atoms with van der Waals surface area (Å²) in [6.07, 6.45) is 6.56. The monoisotopic (exact) mass is 746 g/mol. The van der Waals surface area contributed by atoms with Crippen LogP contribution in [0.1, 0.15) is 58.0 Å². The van der Waals surface area contributed by atoms with Crippen LogP contribution in [0.2, 0.25) is 5.02 Å². The van der Waals surface area contributed by atoms with E-state index in [4.69, 9.17) is 27.9 Å². The third kappa shape index (κ3) is 5.75. The lowest BCUT2D eigenvalue weighted by Crippen LogP contribution is -2.47. The van der Waals surface area contributed by atoms with Gasteiger partial charge in [0.15, 0.2) is 5.82 Å². The first-order valence-electron chi connectivity index (χ1n) is 17.7. The summed E-state index contributed by atoms with van der Waals surface area (Å²) >= 11 is 13.9. The van der Waals surface area contributed by atoms with Crippen molar-refractivity contribution in [2.24, 2.45) is 14.1 Å². The zero-order valence-corrected chi connectivity index (χ0v) is 32.3. The van der Waals surface area contributed by atoms with E-state index in [9.17, 15) is 0 Å². The largest absolute Gasteiger partial charge is 0.494 e. The minimum absolute atomic E-state index is 0.156. The smallest absolute Gasteiger partial charge is 0.276 e. The van der Waals surface area contributed by atoms with Crippen molar-refractivity contribution in [3.8, 4) is 28.3 Å². The first kappa shape index (κ1) is 34.9. The lowest BCUT2D eigenvalue weighted by molar-refractivity contribution is 0.0951. The van der Waals surface area contributed by atoms with Crippen LogP contribution < -0.4 is 9.64 Å². The van der Waals surface area contributed by atoms with Gasteiger partial charge >= 0.3 is 0 Å². The van der Waals surface area contributed by atoms with Gasteiger partial charge in [0.25, 0.3) is 5.91 Å². The second kappa shape index (κ2) is 13.3. The maximum atomic E-state index is 15.2. The summed E-state index contributed by atoms with van der Waals surface area (Å²) in [5, 5.41) is 7.17. The number of hydrogen-bond donors (Lipinski definition) is 0. The second-order valence-electron chi connectivity index (χ2n) is 14.0. The van der Waals surface area contributed by atoms with E-state index in [0.29, 0.717) is 31.0 Å². The molecule has 7 aromatic rings. The predicted octanol–water partition coefficient (Wildman–Crippen LogP) is 9.07. The highest BCUT2D eigenvalue weighted by molar-refractivity contribution is 6.32. The molecule has 0 bridgehead atoms. The van der Waals surface area contributed by atoms with Gasteiger partial charge in [-0.15, -0.1) is 0 Å². The molecule has 8 rings (SSSR count). The van der Waals surface area contributed by atoms with Crippen molar-refractivity contribution in [3.05, 3.63) is 106 Å². The summed E-state index contributed by atoms with van der Waals surface area (Å²) in [6.45, 7) is 10.5. The minimum atomic E-state index is -0.692. The molecule has 0 saturated carbocycles. The highest BCUT2D eigenvalue weighted by Crippen LogP contribution is 2.46. The number of aromatic nitrogens is 7. The van der Waals surface area contributed by atoms with Crippen LogP contribution in [0, 0.1) is 27.7 Å². The summed E-state index contributed by atoms with van der Waals surface area (Å²) in [7, 11) is 3.83. The van der Waals surface area contributed by atoms with Gasteiger partial charge in [-0.05, 0) is 94.5 Å². The molecule has 1 amide bonds. The van der Waals surface area contributed by atoms with Gasteiger partial charge in [0.1, 0.15) is 29.6 Å². The van der Waals surface area contributed by atoms with Crippen molar-refractivity contribution < 1.29 is 9.53 Å². The number of para-hydroxylation sites is 1. The summed E-state index contributed by atoms with van der Waals surface area (Å²) in [6, 6.07) is 16.0. The molecule has 1 aliphatic rings. The highest BCUT2D eigenvalue weighted by atomic mass is 35.5. The number of ether oxygens (including phenoxy) is 1. The summed E-state index contributed by atoms with van der Waals surface area (Å²) in [5.74, 6) is 1.24. The summed E-state index contributed by atoms with van der Waals surface area (Å²) < 4.78 is 12.1. The highest BCUT2D eigenvalue weighted by Gasteiger charge is 2.42. The van der Waals surface area contributed by atoms with E-state index in [1.54, 1.807) is 22.2 Å². The fraction of sp³-hybridized carbons (Fsp3) is 0.293. The Bertz CT molecular complexity index is 2540. The number of anilines is 1. The van der Waals surface area contributed by atoms with E-state index in [2.05, 4.69) is 49.7 Å². The van der Waals surface area contributed by atoms with Crippen LogP contribution in [0.3, 0.4) is 0 Å². The fourth-order valence-electron chi connectivity index (χ4n) is 7.92. The van der Waals surface area contributed by atoms with Gasteiger partial charge < -0.3 is 13.9 Å². The molecule has 2 atom stereocenters. The number of halogens is 2. The number of alkyl halides is 1. The Morgan fingerprint density at radius 1 is 0.925 bits per heavy atom. The Hall–Kier alpha value is -5.19. The molecule has 3 aromatic carbocycles. The molecule has 12 heteroatoms. The Labute approximate surface area is 318 Å². The first-order chi connectivity index (χ1) is 25.4. The normalized spacial score (nSPS) is 15.9. The third-order valence-corrected chi connectivity index (χ3v) is 11.6. The topological polar surface area (TPSA) is 95.9 Å². The zero-order chi connectivity index (χ0) is 37.3. The Morgan fingerprint density at radius 2 is 1.66 bits per heavy atom. The van der Waals surface area contributed by atoms with Crippen LogP contribution >= 0.6 is 23.2 Å². The number of amides is 1. The quantitative estimate of drug-likeness (QED) is 0.0875. The van der Waals surface area contributed by atoms with Crippen LogP contribution in [-0.4, -0.2) is 51.9 Å². The second-order valence-corrected chi connectivity index (χ2v) is 14.9. The molecule has 0 saturated heterocycles. The Kier molecular flexibility index (Phi) is 8.78. The van der Waals surface area contributed by atoms with Crippen molar-refractivity contribution in [1.82, 2.24) is 33.9 Å². The molecule has 10 nitrogen and oxygen atoms in total. The van der Waals surface area contributed by atoms with Gasteiger partial charge in [0.2, 0.25) is 0 Å². The molecule has 1 aliphatic heterocycles. The molecular formula is C41H40Cl2N8O2. The molecule has 0 fully saturated rings. The van der Waals surface area contributed by atoms with E-state index >= 15 is 4.79 Å². The molecule has 0 spiro atoms. The van der Waals surface area contributed by atoms with E-state index < -0.39 is 5.50 Å². The molecule has 0 radical (unpaired) electrons. The molecule has 0 aliphatic carbocycles. The van der Waals surface area contributed by atoms with E-state index in [1.165, 1.54) is 0 Å². The molecule has 5 heterocycles. The number of nitrogens with zero attached hydrogens (tertiary/aromatic N) is 8. The number of benzene rings is 3. The number of carbonyl (C=O) groups excluding carboxylic acids is 1.